The molecule has 1 heterocycles. The molecule has 9 heteroatoms. The molecule has 1 aliphatic carbocycles. The Balaban J connectivity index is 1.58. The van der Waals surface area contributed by atoms with Crippen LogP contribution in [0.25, 0.3) is 0 Å². The minimum atomic E-state index is -3.15. The normalized spacial score (nSPS) is 15.2. The van der Waals surface area contributed by atoms with Gasteiger partial charge in [-0.2, -0.15) is 0 Å². The zero-order valence-electron chi connectivity index (χ0n) is 15.8. The van der Waals surface area contributed by atoms with E-state index in [1.54, 1.807) is 36.1 Å². The zero-order chi connectivity index (χ0) is 20.3. The number of carbonyl (C=O) groups is 1. The van der Waals surface area contributed by atoms with E-state index in [1.165, 1.54) is 17.6 Å². The van der Waals surface area contributed by atoms with Gasteiger partial charge in [-0.3, -0.25) is 4.79 Å². The second-order valence-electron chi connectivity index (χ2n) is 7.13. The summed E-state index contributed by atoms with van der Waals surface area (Å²) in [7, 11) is -3.15. The third-order valence-electron chi connectivity index (χ3n) is 4.35. The summed E-state index contributed by atoms with van der Waals surface area (Å²) in [5.74, 6) is 0.604. The number of amides is 1. The van der Waals surface area contributed by atoms with Gasteiger partial charge in [-0.1, -0.05) is 11.6 Å². The second-order valence-corrected chi connectivity index (χ2v) is 10.7. The summed E-state index contributed by atoms with van der Waals surface area (Å²) in [5, 5.41) is 3.28. The largest absolute Gasteiger partial charge is 0.486 e. The standard InChI is InChI=1S/C19H23ClN2O4S2/c1-13(12-28(2,24)25)22(16-5-6-16)19(23)9-15-11-27-18(21-15)10-26-17-7-3-14(20)4-8-17/h3-4,7-8,11,13,16H,5-6,9-10,12H2,1-2H3. The van der Waals surface area contributed by atoms with Crippen LogP contribution in [0.3, 0.4) is 0 Å². The van der Waals surface area contributed by atoms with Crippen LogP contribution in [0.15, 0.2) is 29.6 Å². The van der Waals surface area contributed by atoms with Gasteiger partial charge in [0.1, 0.15) is 27.2 Å². The van der Waals surface area contributed by atoms with Crippen LogP contribution in [0.4, 0.5) is 0 Å². The van der Waals surface area contributed by atoms with Crippen molar-refractivity contribution in [3.8, 4) is 5.75 Å². The molecule has 0 spiro atoms. The van der Waals surface area contributed by atoms with Crippen LogP contribution in [0, 0.1) is 0 Å². The van der Waals surface area contributed by atoms with Gasteiger partial charge in [0, 0.05) is 28.7 Å². The summed E-state index contributed by atoms with van der Waals surface area (Å²) in [6.07, 6.45) is 3.22. The monoisotopic (exact) mass is 442 g/mol. The van der Waals surface area contributed by atoms with Crippen molar-refractivity contribution >= 4 is 38.7 Å². The lowest BCUT2D eigenvalue weighted by Crippen LogP contribution is -2.44. The number of thiazole rings is 1. The number of ether oxygens (including phenoxy) is 1. The molecular formula is C19H23ClN2O4S2. The molecule has 1 atom stereocenters. The third kappa shape index (κ3) is 6.18. The van der Waals surface area contributed by atoms with Crippen LogP contribution in [-0.4, -0.2) is 48.3 Å². The highest BCUT2D eigenvalue weighted by molar-refractivity contribution is 7.90. The van der Waals surface area contributed by atoms with E-state index >= 15 is 0 Å². The number of halogens is 1. The number of nitrogens with zero attached hydrogens (tertiary/aromatic N) is 2. The highest BCUT2D eigenvalue weighted by atomic mass is 35.5. The maximum Gasteiger partial charge on any atom is 0.229 e. The molecule has 152 valence electrons. The number of rotatable bonds is 9. The van der Waals surface area contributed by atoms with E-state index in [0.29, 0.717) is 23.1 Å². The van der Waals surface area contributed by atoms with Crippen LogP contribution in [0.2, 0.25) is 5.02 Å². The average molecular weight is 443 g/mol. The quantitative estimate of drug-likeness (QED) is 0.595. The van der Waals surface area contributed by atoms with Crippen molar-refractivity contribution < 1.29 is 17.9 Å². The number of hydrogen-bond acceptors (Lipinski definition) is 6. The first kappa shape index (κ1) is 21.1. The Morgan fingerprint density at radius 1 is 1.36 bits per heavy atom. The van der Waals surface area contributed by atoms with E-state index in [2.05, 4.69) is 4.98 Å². The molecule has 2 aromatic rings. The molecule has 6 nitrogen and oxygen atoms in total. The molecule has 1 aromatic heterocycles. The van der Waals surface area contributed by atoms with Crippen molar-refractivity contribution in [1.82, 2.24) is 9.88 Å². The van der Waals surface area contributed by atoms with Crippen LogP contribution >= 0.6 is 22.9 Å². The lowest BCUT2D eigenvalue weighted by atomic mass is 10.2. The first-order chi connectivity index (χ1) is 13.2. The minimum absolute atomic E-state index is 0.0213. The topological polar surface area (TPSA) is 76.6 Å². The van der Waals surface area contributed by atoms with E-state index in [-0.39, 0.29) is 30.2 Å². The van der Waals surface area contributed by atoms with Gasteiger partial charge in [-0.15, -0.1) is 11.3 Å². The van der Waals surface area contributed by atoms with E-state index < -0.39 is 9.84 Å². The number of benzene rings is 1. The molecule has 1 amide bonds. The Kier molecular flexibility index (Phi) is 6.62. The van der Waals surface area contributed by atoms with Gasteiger partial charge in [-0.05, 0) is 44.0 Å². The summed E-state index contributed by atoms with van der Waals surface area (Å²) in [4.78, 5) is 19.0. The fourth-order valence-corrected chi connectivity index (χ4v) is 4.97. The van der Waals surface area contributed by atoms with Crippen LogP contribution in [0.1, 0.15) is 30.5 Å². The van der Waals surface area contributed by atoms with Crippen molar-refractivity contribution in [2.24, 2.45) is 0 Å². The van der Waals surface area contributed by atoms with Gasteiger partial charge in [0.15, 0.2) is 0 Å². The minimum Gasteiger partial charge on any atom is -0.486 e. The third-order valence-corrected chi connectivity index (χ3v) is 6.57. The Morgan fingerprint density at radius 2 is 2.04 bits per heavy atom. The number of sulfone groups is 1. The van der Waals surface area contributed by atoms with Gasteiger partial charge >= 0.3 is 0 Å². The molecule has 1 aromatic carbocycles. The molecule has 0 aliphatic heterocycles. The second kappa shape index (κ2) is 8.80. The van der Waals surface area contributed by atoms with Gasteiger partial charge < -0.3 is 9.64 Å². The Hall–Kier alpha value is -1.64. The predicted octanol–water partition coefficient (Wildman–Crippen LogP) is 3.34. The van der Waals surface area contributed by atoms with E-state index in [0.717, 1.165) is 17.8 Å². The van der Waals surface area contributed by atoms with E-state index in [9.17, 15) is 13.2 Å². The molecule has 1 unspecified atom stereocenters. The molecule has 0 saturated heterocycles. The highest BCUT2D eigenvalue weighted by Crippen LogP contribution is 2.30. The molecule has 0 radical (unpaired) electrons. The smallest absolute Gasteiger partial charge is 0.229 e. The number of hydrogen-bond donors (Lipinski definition) is 0. The fourth-order valence-electron chi connectivity index (χ4n) is 3.10. The lowest BCUT2D eigenvalue weighted by molar-refractivity contribution is -0.132. The predicted molar refractivity (Wildman–Crippen MR) is 111 cm³/mol. The summed E-state index contributed by atoms with van der Waals surface area (Å²) in [6, 6.07) is 6.91. The number of aromatic nitrogens is 1. The van der Waals surface area contributed by atoms with Crippen molar-refractivity contribution in [3.63, 3.8) is 0 Å². The van der Waals surface area contributed by atoms with Gasteiger partial charge in [-0.25, -0.2) is 13.4 Å². The van der Waals surface area contributed by atoms with Gasteiger partial charge in [0.05, 0.1) is 17.9 Å². The molecule has 1 saturated carbocycles. The summed E-state index contributed by atoms with van der Waals surface area (Å²) in [5.41, 5.74) is 0.682. The zero-order valence-corrected chi connectivity index (χ0v) is 18.2. The molecule has 0 bridgehead atoms. The Bertz CT molecular complexity index is 924. The van der Waals surface area contributed by atoms with E-state index in [1.807, 2.05) is 5.38 Å². The molecule has 28 heavy (non-hydrogen) atoms. The maximum atomic E-state index is 12.8. The SMILES string of the molecule is CC(CS(C)(=O)=O)N(C(=O)Cc1csc(COc2ccc(Cl)cc2)n1)C1CC1. The molecular weight excluding hydrogens is 420 g/mol. The summed E-state index contributed by atoms with van der Waals surface area (Å²) >= 11 is 7.29. The van der Waals surface area contributed by atoms with Crippen molar-refractivity contribution in [2.45, 2.75) is 44.9 Å². The van der Waals surface area contributed by atoms with Crippen LogP contribution in [-0.2, 0) is 27.7 Å². The van der Waals surface area contributed by atoms with Crippen molar-refractivity contribution in [3.05, 3.63) is 45.4 Å². The van der Waals surface area contributed by atoms with Crippen LogP contribution in [0.5, 0.6) is 5.75 Å². The van der Waals surface area contributed by atoms with Crippen molar-refractivity contribution in [2.75, 3.05) is 12.0 Å². The molecule has 1 aliphatic rings. The summed E-state index contributed by atoms with van der Waals surface area (Å²) in [6.45, 7) is 2.11. The van der Waals surface area contributed by atoms with Gasteiger partial charge in [0.2, 0.25) is 5.91 Å². The molecule has 0 N–H and O–H groups in total. The van der Waals surface area contributed by atoms with Crippen molar-refractivity contribution in [1.29, 1.82) is 0 Å². The molecule has 3 rings (SSSR count). The Labute approximate surface area is 174 Å². The first-order valence-electron chi connectivity index (χ1n) is 9.02. The molecule has 1 fully saturated rings. The fraction of sp³-hybridized carbons (Fsp3) is 0.474. The summed E-state index contributed by atoms with van der Waals surface area (Å²) < 4.78 is 28.9. The first-order valence-corrected chi connectivity index (χ1v) is 12.3. The Morgan fingerprint density at radius 3 is 2.64 bits per heavy atom. The average Bonchev–Trinajstić information content (AvgIpc) is 3.32. The maximum absolute atomic E-state index is 12.8. The lowest BCUT2D eigenvalue weighted by Gasteiger charge is -2.28. The highest BCUT2D eigenvalue weighted by Gasteiger charge is 2.36. The van der Waals surface area contributed by atoms with Crippen LogP contribution < -0.4 is 4.74 Å². The van der Waals surface area contributed by atoms with Gasteiger partial charge in [0.25, 0.3) is 0 Å². The van der Waals surface area contributed by atoms with E-state index in [4.69, 9.17) is 16.3 Å². The number of carbonyl (C=O) groups excluding carboxylic acids is 1.